The summed E-state index contributed by atoms with van der Waals surface area (Å²) < 4.78 is 1.65. The number of rotatable bonds is 8. The first-order chi connectivity index (χ1) is 16.5. The van der Waals surface area contributed by atoms with Crippen LogP contribution >= 0.6 is 11.6 Å². The van der Waals surface area contributed by atoms with Gasteiger partial charge in [0.2, 0.25) is 11.8 Å². The molecule has 1 N–H and O–H groups in total. The van der Waals surface area contributed by atoms with E-state index in [4.69, 9.17) is 16.7 Å². The molecule has 0 fully saturated rings. The molecule has 3 aromatic rings. The highest BCUT2D eigenvalue weighted by Crippen LogP contribution is 2.29. The van der Waals surface area contributed by atoms with Crippen LogP contribution in [0, 0.1) is 0 Å². The standard InChI is InChI=1S/C28H35ClN4O2/c1-7-21(20-13-9-8-10-14-20)27(35)32(19(2)3)18-26(34)30-25-17-24(28(4,5)6)31-33(25)23-16-12-11-15-22(23)29/h8-17,19,21H,7,18H2,1-6H3,(H,30,34). The Bertz CT molecular complexity index is 1170. The van der Waals surface area contributed by atoms with Crippen LogP contribution in [-0.4, -0.2) is 39.1 Å². The van der Waals surface area contributed by atoms with Gasteiger partial charge in [-0.2, -0.15) is 5.10 Å². The number of carbonyl (C=O) groups excluding carboxylic acids is 2. The molecule has 0 aliphatic carbocycles. The van der Waals surface area contributed by atoms with Gasteiger partial charge >= 0.3 is 0 Å². The number of benzene rings is 2. The first-order valence-electron chi connectivity index (χ1n) is 12.0. The van der Waals surface area contributed by atoms with E-state index in [1.165, 1.54) is 0 Å². The van der Waals surface area contributed by atoms with Gasteiger partial charge in [-0.1, -0.05) is 81.8 Å². The molecule has 0 aliphatic heterocycles. The molecule has 0 radical (unpaired) electrons. The molecule has 1 heterocycles. The number of hydrogen-bond acceptors (Lipinski definition) is 3. The van der Waals surface area contributed by atoms with Crippen LogP contribution in [0.1, 0.15) is 65.1 Å². The average Bonchev–Trinajstić information content (AvgIpc) is 3.22. The molecule has 1 aromatic heterocycles. The van der Waals surface area contributed by atoms with E-state index in [0.29, 0.717) is 22.9 Å². The summed E-state index contributed by atoms with van der Waals surface area (Å²) in [5.74, 6) is -0.130. The van der Waals surface area contributed by atoms with Crippen molar-refractivity contribution in [1.29, 1.82) is 0 Å². The molecule has 7 heteroatoms. The zero-order valence-corrected chi connectivity index (χ0v) is 22.1. The molecular weight excluding hydrogens is 460 g/mol. The van der Waals surface area contributed by atoms with Crippen LogP contribution in [0.5, 0.6) is 0 Å². The fraction of sp³-hybridized carbons (Fsp3) is 0.393. The monoisotopic (exact) mass is 494 g/mol. The van der Waals surface area contributed by atoms with Crippen molar-refractivity contribution in [3.05, 3.63) is 76.9 Å². The van der Waals surface area contributed by atoms with Crippen molar-refractivity contribution in [3.63, 3.8) is 0 Å². The lowest BCUT2D eigenvalue weighted by Gasteiger charge is -2.30. The fourth-order valence-corrected chi connectivity index (χ4v) is 4.15. The summed E-state index contributed by atoms with van der Waals surface area (Å²) in [6.07, 6.45) is 0.655. The maximum absolute atomic E-state index is 13.5. The number of halogens is 1. The lowest BCUT2D eigenvalue weighted by molar-refractivity contribution is -0.137. The van der Waals surface area contributed by atoms with Crippen LogP contribution in [0.3, 0.4) is 0 Å². The van der Waals surface area contributed by atoms with E-state index in [0.717, 1.165) is 11.3 Å². The summed E-state index contributed by atoms with van der Waals surface area (Å²) in [6.45, 7) is 12.0. The molecule has 3 rings (SSSR count). The van der Waals surface area contributed by atoms with E-state index in [1.807, 2.05) is 75.4 Å². The second kappa shape index (κ2) is 11.1. The quantitative estimate of drug-likeness (QED) is 0.405. The van der Waals surface area contributed by atoms with Crippen LogP contribution in [0.15, 0.2) is 60.7 Å². The van der Waals surface area contributed by atoms with E-state index in [-0.39, 0.29) is 35.7 Å². The maximum atomic E-state index is 13.5. The number of nitrogens with one attached hydrogen (secondary N) is 1. The van der Waals surface area contributed by atoms with E-state index in [1.54, 1.807) is 15.6 Å². The van der Waals surface area contributed by atoms with Crippen molar-refractivity contribution in [1.82, 2.24) is 14.7 Å². The fourth-order valence-electron chi connectivity index (χ4n) is 3.93. The number of aromatic nitrogens is 2. The van der Waals surface area contributed by atoms with Gasteiger partial charge in [0.1, 0.15) is 12.4 Å². The first-order valence-corrected chi connectivity index (χ1v) is 12.4. The number of hydrogen-bond donors (Lipinski definition) is 1. The third kappa shape index (κ3) is 6.31. The topological polar surface area (TPSA) is 67.2 Å². The van der Waals surface area contributed by atoms with Crippen LogP contribution in [-0.2, 0) is 15.0 Å². The lowest BCUT2D eigenvalue weighted by atomic mass is 9.92. The second-order valence-electron chi connectivity index (χ2n) is 10.0. The first kappa shape index (κ1) is 26.5. The van der Waals surface area contributed by atoms with Gasteiger partial charge in [-0.15, -0.1) is 0 Å². The summed E-state index contributed by atoms with van der Waals surface area (Å²) in [5, 5.41) is 8.23. The number of nitrogens with zero attached hydrogens (tertiary/aromatic N) is 3. The number of amides is 2. The molecule has 0 bridgehead atoms. The van der Waals surface area contributed by atoms with Gasteiger partial charge in [-0.3, -0.25) is 9.59 Å². The third-order valence-corrected chi connectivity index (χ3v) is 6.27. The molecule has 1 atom stereocenters. The Kier molecular flexibility index (Phi) is 8.39. The predicted octanol–water partition coefficient (Wildman–Crippen LogP) is 6.19. The van der Waals surface area contributed by atoms with Crippen molar-refractivity contribution < 1.29 is 9.59 Å². The predicted molar refractivity (Wildman–Crippen MR) is 142 cm³/mol. The van der Waals surface area contributed by atoms with E-state index in [2.05, 4.69) is 26.1 Å². The highest BCUT2D eigenvalue weighted by atomic mass is 35.5. The van der Waals surface area contributed by atoms with Crippen molar-refractivity contribution in [2.75, 3.05) is 11.9 Å². The van der Waals surface area contributed by atoms with Gasteiger partial charge in [0.15, 0.2) is 0 Å². The van der Waals surface area contributed by atoms with Crippen LogP contribution in [0.25, 0.3) is 5.69 Å². The Balaban J connectivity index is 1.87. The average molecular weight is 495 g/mol. The Hall–Kier alpha value is -3.12. The summed E-state index contributed by atoms with van der Waals surface area (Å²) >= 11 is 6.44. The van der Waals surface area contributed by atoms with E-state index >= 15 is 0 Å². The summed E-state index contributed by atoms with van der Waals surface area (Å²) in [7, 11) is 0. The Labute approximate surface area is 213 Å². The Morgan fingerprint density at radius 2 is 1.69 bits per heavy atom. The van der Waals surface area contributed by atoms with Gasteiger partial charge in [0.05, 0.1) is 22.3 Å². The molecule has 0 spiro atoms. The number of para-hydroxylation sites is 1. The van der Waals surface area contributed by atoms with Gasteiger partial charge in [0.25, 0.3) is 0 Å². The Morgan fingerprint density at radius 1 is 1.06 bits per heavy atom. The van der Waals surface area contributed by atoms with Gasteiger partial charge in [0, 0.05) is 17.5 Å². The van der Waals surface area contributed by atoms with Crippen LogP contribution in [0.2, 0.25) is 5.02 Å². The van der Waals surface area contributed by atoms with Gasteiger partial charge < -0.3 is 10.2 Å². The maximum Gasteiger partial charge on any atom is 0.245 e. The molecule has 2 amide bonds. The molecule has 0 saturated carbocycles. The molecular formula is C28H35ClN4O2. The Morgan fingerprint density at radius 3 is 2.26 bits per heavy atom. The summed E-state index contributed by atoms with van der Waals surface area (Å²) in [6, 6.07) is 18.8. The van der Waals surface area contributed by atoms with Crippen LogP contribution in [0.4, 0.5) is 5.82 Å². The molecule has 0 saturated heterocycles. The number of anilines is 1. The third-order valence-electron chi connectivity index (χ3n) is 5.95. The summed E-state index contributed by atoms with van der Waals surface area (Å²) in [5.41, 5.74) is 2.22. The highest BCUT2D eigenvalue weighted by molar-refractivity contribution is 6.32. The molecule has 186 valence electrons. The largest absolute Gasteiger partial charge is 0.330 e. The molecule has 6 nitrogen and oxygen atoms in total. The van der Waals surface area contributed by atoms with Crippen molar-refractivity contribution in [2.24, 2.45) is 0 Å². The molecule has 35 heavy (non-hydrogen) atoms. The van der Waals surface area contributed by atoms with Gasteiger partial charge in [-0.25, -0.2) is 4.68 Å². The molecule has 2 aromatic carbocycles. The number of carbonyl (C=O) groups is 2. The second-order valence-corrected chi connectivity index (χ2v) is 10.4. The van der Waals surface area contributed by atoms with Gasteiger partial charge in [-0.05, 0) is 38.0 Å². The normalized spacial score (nSPS) is 12.5. The highest BCUT2D eigenvalue weighted by Gasteiger charge is 2.29. The van der Waals surface area contributed by atoms with Crippen molar-refractivity contribution in [3.8, 4) is 5.69 Å². The zero-order chi connectivity index (χ0) is 25.8. The van der Waals surface area contributed by atoms with Crippen molar-refractivity contribution in [2.45, 2.75) is 65.3 Å². The van der Waals surface area contributed by atoms with E-state index < -0.39 is 0 Å². The minimum Gasteiger partial charge on any atom is -0.330 e. The summed E-state index contributed by atoms with van der Waals surface area (Å²) in [4.78, 5) is 28.3. The minimum atomic E-state index is -0.299. The smallest absolute Gasteiger partial charge is 0.245 e. The molecule has 1 unspecified atom stereocenters. The molecule has 0 aliphatic rings. The minimum absolute atomic E-state index is 0.0566. The van der Waals surface area contributed by atoms with E-state index in [9.17, 15) is 9.59 Å². The SMILES string of the molecule is CCC(C(=O)N(CC(=O)Nc1cc(C(C)(C)C)nn1-c1ccccc1Cl)C(C)C)c1ccccc1. The lowest BCUT2D eigenvalue weighted by Crippen LogP contribution is -2.44. The van der Waals surface area contributed by atoms with Crippen molar-refractivity contribution >= 4 is 29.2 Å². The zero-order valence-electron chi connectivity index (χ0n) is 21.4. The van der Waals surface area contributed by atoms with Crippen LogP contribution < -0.4 is 5.32 Å².